The van der Waals surface area contributed by atoms with Gasteiger partial charge in [0, 0.05) is 6.20 Å². The lowest BCUT2D eigenvalue weighted by atomic mass is 9.86. The average molecular weight is 217 g/mol. The number of pyridine rings is 1. The summed E-state index contributed by atoms with van der Waals surface area (Å²) in [5.74, 6) is -0.482. The van der Waals surface area contributed by atoms with E-state index in [4.69, 9.17) is 10.8 Å². The molecule has 1 heterocycles. The van der Waals surface area contributed by atoms with Gasteiger partial charge in [0.2, 0.25) is 0 Å². The van der Waals surface area contributed by atoms with Crippen molar-refractivity contribution >= 4 is 24.2 Å². The van der Waals surface area contributed by atoms with Gasteiger partial charge in [-0.25, -0.2) is 4.98 Å². The van der Waals surface area contributed by atoms with E-state index in [1.165, 1.54) is 6.20 Å². The molecule has 0 saturated heterocycles. The summed E-state index contributed by atoms with van der Waals surface area (Å²) in [6.45, 7) is 3.26. The zero-order valence-electron chi connectivity index (χ0n) is 8.02. The number of halogens is 1. The summed E-state index contributed by atoms with van der Waals surface area (Å²) in [7, 11) is 0. The second-order valence-electron chi connectivity index (χ2n) is 3.40. The molecule has 1 aromatic heterocycles. The van der Waals surface area contributed by atoms with Crippen LogP contribution < -0.4 is 5.73 Å². The maximum absolute atomic E-state index is 10.8. The molecule has 5 heteroatoms. The van der Waals surface area contributed by atoms with E-state index >= 15 is 0 Å². The summed E-state index contributed by atoms with van der Waals surface area (Å²) >= 11 is 0. The fourth-order valence-electron chi connectivity index (χ4n) is 0.898. The van der Waals surface area contributed by atoms with Crippen LogP contribution in [0.4, 0.5) is 5.82 Å². The van der Waals surface area contributed by atoms with Gasteiger partial charge < -0.3 is 10.8 Å². The summed E-state index contributed by atoms with van der Waals surface area (Å²) in [6.07, 6.45) is 1.49. The lowest BCUT2D eigenvalue weighted by Crippen LogP contribution is -2.28. The fraction of sp³-hybridized carbons (Fsp3) is 0.333. The summed E-state index contributed by atoms with van der Waals surface area (Å²) in [6, 6.07) is 3.27. The van der Waals surface area contributed by atoms with Crippen molar-refractivity contribution in [1.82, 2.24) is 4.98 Å². The van der Waals surface area contributed by atoms with E-state index in [0.29, 0.717) is 11.4 Å². The molecule has 3 N–H and O–H groups in total. The molecule has 0 spiro atoms. The second-order valence-corrected chi connectivity index (χ2v) is 3.40. The zero-order valence-corrected chi connectivity index (χ0v) is 8.84. The highest BCUT2D eigenvalue weighted by molar-refractivity contribution is 5.85. The number of aromatic nitrogens is 1. The standard InChI is InChI=1S/C9H12N2O2.ClH/c1-9(2,8(12)13)6-3-4-7(10)11-5-6;/h3-5H,1-2H3,(H2,10,11)(H,12,13);1H. The van der Waals surface area contributed by atoms with Crippen molar-refractivity contribution < 1.29 is 9.90 Å². The predicted octanol–water partition coefficient (Wildman–Crippen LogP) is 1.45. The number of anilines is 1. The molecule has 0 aliphatic heterocycles. The van der Waals surface area contributed by atoms with Gasteiger partial charge in [-0.1, -0.05) is 6.07 Å². The van der Waals surface area contributed by atoms with Crippen molar-refractivity contribution in [3.05, 3.63) is 23.9 Å². The monoisotopic (exact) mass is 216 g/mol. The quantitative estimate of drug-likeness (QED) is 0.785. The van der Waals surface area contributed by atoms with Gasteiger partial charge in [-0.2, -0.15) is 0 Å². The van der Waals surface area contributed by atoms with E-state index in [1.54, 1.807) is 26.0 Å². The minimum atomic E-state index is -0.916. The number of aliphatic carboxylic acids is 1. The van der Waals surface area contributed by atoms with Crippen molar-refractivity contribution in [2.45, 2.75) is 19.3 Å². The molecular formula is C9H13ClN2O2. The number of nitrogens with two attached hydrogens (primary N) is 1. The maximum atomic E-state index is 10.8. The summed E-state index contributed by atoms with van der Waals surface area (Å²) in [5, 5.41) is 8.90. The molecular weight excluding hydrogens is 204 g/mol. The minimum absolute atomic E-state index is 0. The van der Waals surface area contributed by atoms with E-state index in [-0.39, 0.29) is 12.4 Å². The third-order valence-corrected chi connectivity index (χ3v) is 2.04. The number of carbonyl (C=O) groups is 1. The van der Waals surface area contributed by atoms with Gasteiger partial charge >= 0.3 is 5.97 Å². The maximum Gasteiger partial charge on any atom is 0.313 e. The number of carboxylic acid groups (broad SMARTS) is 1. The summed E-state index contributed by atoms with van der Waals surface area (Å²) < 4.78 is 0. The number of rotatable bonds is 2. The first-order valence-electron chi connectivity index (χ1n) is 3.90. The number of hydrogen-bond acceptors (Lipinski definition) is 3. The zero-order chi connectivity index (χ0) is 10.1. The Morgan fingerprint density at radius 2 is 2.07 bits per heavy atom. The van der Waals surface area contributed by atoms with Gasteiger partial charge in [0.25, 0.3) is 0 Å². The van der Waals surface area contributed by atoms with Gasteiger partial charge in [-0.05, 0) is 25.5 Å². The Kier molecular flexibility index (Phi) is 3.89. The fourth-order valence-corrected chi connectivity index (χ4v) is 0.898. The second kappa shape index (κ2) is 4.28. The van der Waals surface area contributed by atoms with Crippen LogP contribution in [0.25, 0.3) is 0 Å². The van der Waals surface area contributed by atoms with Crippen LogP contribution in [-0.2, 0) is 10.2 Å². The average Bonchev–Trinajstić information content (AvgIpc) is 2.04. The van der Waals surface area contributed by atoms with E-state index in [9.17, 15) is 4.79 Å². The van der Waals surface area contributed by atoms with Crippen molar-refractivity contribution in [3.8, 4) is 0 Å². The highest BCUT2D eigenvalue weighted by Crippen LogP contribution is 2.22. The Balaban J connectivity index is 0.00000169. The molecule has 14 heavy (non-hydrogen) atoms. The molecule has 1 rings (SSSR count). The highest BCUT2D eigenvalue weighted by atomic mass is 35.5. The third-order valence-electron chi connectivity index (χ3n) is 2.04. The van der Waals surface area contributed by atoms with E-state index in [2.05, 4.69) is 4.98 Å². The molecule has 4 nitrogen and oxygen atoms in total. The van der Waals surface area contributed by atoms with E-state index in [1.807, 2.05) is 0 Å². The SMILES string of the molecule is CC(C)(C(=O)O)c1ccc(N)nc1.Cl. The Morgan fingerprint density at radius 1 is 1.50 bits per heavy atom. The molecule has 0 aliphatic carbocycles. The van der Waals surface area contributed by atoms with Crippen LogP contribution in [0.3, 0.4) is 0 Å². The Bertz CT molecular complexity index is 322. The highest BCUT2D eigenvalue weighted by Gasteiger charge is 2.29. The molecule has 0 saturated carbocycles. The number of hydrogen-bond donors (Lipinski definition) is 2. The Hall–Kier alpha value is -1.29. The van der Waals surface area contributed by atoms with Crippen LogP contribution in [0.5, 0.6) is 0 Å². The molecule has 0 atom stereocenters. The van der Waals surface area contributed by atoms with Crippen LogP contribution in [0.2, 0.25) is 0 Å². The van der Waals surface area contributed by atoms with Gasteiger partial charge in [0.05, 0.1) is 5.41 Å². The van der Waals surface area contributed by atoms with Crippen molar-refractivity contribution in [1.29, 1.82) is 0 Å². The first-order chi connectivity index (χ1) is 5.94. The number of nitrogens with zero attached hydrogens (tertiary/aromatic N) is 1. The summed E-state index contributed by atoms with van der Waals surface area (Å²) in [5.41, 5.74) is 5.12. The smallest absolute Gasteiger partial charge is 0.313 e. The summed E-state index contributed by atoms with van der Waals surface area (Å²) in [4.78, 5) is 14.7. The van der Waals surface area contributed by atoms with Crippen molar-refractivity contribution in [2.24, 2.45) is 0 Å². The Morgan fingerprint density at radius 3 is 2.43 bits per heavy atom. The van der Waals surface area contributed by atoms with Gasteiger partial charge in [-0.3, -0.25) is 4.79 Å². The first-order valence-corrected chi connectivity index (χ1v) is 3.90. The molecule has 0 unspecified atom stereocenters. The number of nitrogen functional groups attached to an aromatic ring is 1. The third kappa shape index (κ3) is 2.35. The molecule has 0 amide bonds. The molecule has 0 aromatic carbocycles. The Labute approximate surface area is 88.6 Å². The first kappa shape index (κ1) is 12.7. The van der Waals surface area contributed by atoms with Gasteiger partial charge in [0.15, 0.2) is 0 Å². The molecule has 0 aliphatic rings. The largest absolute Gasteiger partial charge is 0.481 e. The molecule has 0 fully saturated rings. The van der Waals surface area contributed by atoms with Crippen molar-refractivity contribution in [2.75, 3.05) is 5.73 Å². The topological polar surface area (TPSA) is 76.2 Å². The van der Waals surface area contributed by atoms with Crippen LogP contribution in [0, 0.1) is 0 Å². The van der Waals surface area contributed by atoms with E-state index < -0.39 is 11.4 Å². The minimum Gasteiger partial charge on any atom is -0.481 e. The van der Waals surface area contributed by atoms with Gasteiger partial charge in [0.1, 0.15) is 5.82 Å². The molecule has 78 valence electrons. The van der Waals surface area contributed by atoms with Crippen LogP contribution >= 0.6 is 12.4 Å². The van der Waals surface area contributed by atoms with Gasteiger partial charge in [-0.15, -0.1) is 12.4 Å². The van der Waals surface area contributed by atoms with Crippen LogP contribution in [-0.4, -0.2) is 16.1 Å². The lowest BCUT2D eigenvalue weighted by Gasteiger charge is -2.18. The normalized spacial score (nSPS) is 10.4. The molecule has 0 radical (unpaired) electrons. The molecule has 0 bridgehead atoms. The predicted molar refractivity (Wildman–Crippen MR) is 56.6 cm³/mol. The van der Waals surface area contributed by atoms with E-state index in [0.717, 1.165) is 0 Å². The van der Waals surface area contributed by atoms with Crippen molar-refractivity contribution in [3.63, 3.8) is 0 Å². The van der Waals surface area contributed by atoms with Crippen LogP contribution in [0.15, 0.2) is 18.3 Å². The number of carboxylic acids is 1. The lowest BCUT2D eigenvalue weighted by molar-refractivity contribution is -0.142. The molecule has 1 aromatic rings. The van der Waals surface area contributed by atoms with Crippen LogP contribution in [0.1, 0.15) is 19.4 Å².